The molecule has 216 valence electrons. The predicted molar refractivity (Wildman–Crippen MR) is 187 cm³/mol. The van der Waals surface area contributed by atoms with Crippen molar-refractivity contribution in [3.63, 3.8) is 0 Å². The molecule has 1 aromatic heterocycles. The molecule has 0 N–H and O–H groups in total. The van der Waals surface area contributed by atoms with Crippen LogP contribution in [-0.4, -0.2) is 0 Å². The van der Waals surface area contributed by atoms with Crippen LogP contribution < -0.4 is 21.1 Å². The predicted octanol–water partition coefficient (Wildman–Crippen LogP) is 7.73. The standard InChI is InChI=1S/C44H34O/c1-3-15-29(16-4-1)31-19-7-8-20-33(31)41-34-21-9-11-23-36(34)42(37-24-12-10-22-35(37)41)44-32(30-17-5-2-6-18-30)27-28-40-43(44)38-25-13-14-26-39(38)45-40/h1-7,9-19,21-26,28,32,34,36H,8,20,27H2/i1D,2D,3D,4D,5D,6D,7D,8D,15D,16D,17D,18D,20D. The summed E-state index contributed by atoms with van der Waals surface area (Å²) in [5.74, 6) is -1.73. The highest BCUT2D eigenvalue weighted by atomic mass is 16.3. The van der Waals surface area contributed by atoms with E-state index in [0.717, 1.165) is 27.0 Å². The fraction of sp³-hybridized carbons (Fsp3) is 0.136. The molecule has 0 bridgehead atoms. The van der Waals surface area contributed by atoms with Gasteiger partial charge in [-0.25, -0.2) is 0 Å². The van der Waals surface area contributed by atoms with Gasteiger partial charge in [0.1, 0.15) is 11.0 Å². The quantitative estimate of drug-likeness (QED) is 0.209. The van der Waals surface area contributed by atoms with Crippen LogP contribution in [0.1, 0.15) is 54.1 Å². The fourth-order valence-electron chi connectivity index (χ4n) is 7.40. The summed E-state index contributed by atoms with van der Waals surface area (Å²) in [5.41, 5.74) is 3.83. The van der Waals surface area contributed by atoms with Gasteiger partial charge < -0.3 is 4.42 Å². The van der Waals surface area contributed by atoms with Crippen LogP contribution in [0.5, 0.6) is 0 Å². The Kier molecular flexibility index (Phi) is 3.90. The van der Waals surface area contributed by atoms with Gasteiger partial charge in [0.15, 0.2) is 0 Å². The number of fused-ring (bicyclic) bond motifs is 5. The molecule has 0 spiro atoms. The Balaban J connectivity index is 1.50. The summed E-state index contributed by atoms with van der Waals surface area (Å²) in [6.07, 6.45) is 8.66. The summed E-state index contributed by atoms with van der Waals surface area (Å²) < 4.78 is 121. The summed E-state index contributed by atoms with van der Waals surface area (Å²) in [6, 6.07) is 10.4. The van der Waals surface area contributed by atoms with Gasteiger partial charge in [-0.2, -0.15) is 0 Å². The van der Waals surface area contributed by atoms with E-state index in [1.54, 1.807) is 0 Å². The summed E-state index contributed by atoms with van der Waals surface area (Å²) >= 11 is 0. The zero-order chi connectivity index (χ0) is 41.1. The molecule has 0 saturated carbocycles. The van der Waals surface area contributed by atoms with Crippen LogP contribution >= 0.6 is 0 Å². The molecule has 0 fully saturated rings. The third-order valence-corrected chi connectivity index (χ3v) is 9.17. The van der Waals surface area contributed by atoms with E-state index in [-0.39, 0.29) is 46.8 Å². The van der Waals surface area contributed by atoms with Crippen molar-refractivity contribution in [2.24, 2.45) is 11.8 Å². The molecule has 1 nitrogen and oxygen atoms in total. The zero-order valence-corrected chi connectivity index (χ0v) is 24.1. The Hall–Kier alpha value is -5.14. The summed E-state index contributed by atoms with van der Waals surface area (Å²) in [5, 5.41) is 2.94. The highest BCUT2D eigenvalue weighted by Crippen LogP contribution is 2.48. The molecule has 0 radical (unpaired) electrons. The number of hydrogen-bond donors (Lipinski definition) is 0. The molecular formula is C44H34O. The lowest BCUT2D eigenvalue weighted by Gasteiger charge is -2.38. The SMILES string of the molecule is [2H]C1=CC(c2c([2H])c([2H])c([2H])c([2H])c2[2H])=C(C2=c3ccccc3=C(C3=c4c(oc5ccccc45)=CCC3c3c([2H])c([2H])c([2H])c([2H])c3[2H])C3C=CC=CC23)C([2H])C1[2H]. The van der Waals surface area contributed by atoms with Gasteiger partial charge in [-0.15, -0.1) is 0 Å². The van der Waals surface area contributed by atoms with Gasteiger partial charge in [0.05, 0.1) is 15.1 Å². The van der Waals surface area contributed by atoms with Crippen molar-refractivity contribution in [2.75, 3.05) is 0 Å². The Labute approximate surface area is 281 Å². The normalized spacial score (nSPS) is 29.4. The second-order valence-corrected chi connectivity index (χ2v) is 11.4. The molecular weight excluding hydrogens is 544 g/mol. The first-order chi connectivity index (χ1) is 27.7. The van der Waals surface area contributed by atoms with Crippen LogP contribution in [0.2, 0.25) is 0 Å². The van der Waals surface area contributed by atoms with E-state index in [9.17, 15) is 1.37 Å². The molecule has 0 aliphatic heterocycles. The first-order valence-corrected chi connectivity index (χ1v) is 15.1. The van der Waals surface area contributed by atoms with Crippen molar-refractivity contribution in [2.45, 2.75) is 25.1 Å². The third-order valence-electron chi connectivity index (χ3n) is 9.17. The molecule has 45 heavy (non-hydrogen) atoms. The average molecular weight is 592 g/mol. The lowest BCUT2D eigenvalue weighted by Crippen LogP contribution is -2.43. The van der Waals surface area contributed by atoms with Crippen molar-refractivity contribution in [1.29, 1.82) is 0 Å². The first-order valence-electron chi connectivity index (χ1n) is 21.7. The van der Waals surface area contributed by atoms with Gasteiger partial charge >= 0.3 is 0 Å². The minimum Gasteiger partial charge on any atom is -0.456 e. The van der Waals surface area contributed by atoms with Gasteiger partial charge in [0.25, 0.3) is 0 Å². The molecule has 5 atom stereocenters. The van der Waals surface area contributed by atoms with Gasteiger partial charge in [0, 0.05) is 31.1 Å². The minimum atomic E-state index is -1.37. The highest BCUT2D eigenvalue weighted by molar-refractivity contribution is 6.01. The monoisotopic (exact) mass is 591 g/mol. The first kappa shape index (κ1) is 16.3. The average Bonchev–Trinajstić information content (AvgIpc) is 3.61. The number of para-hydroxylation sites is 1. The van der Waals surface area contributed by atoms with E-state index >= 15 is 0 Å². The summed E-state index contributed by atoms with van der Waals surface area (Å²) in [4.78, 5) is 0. The molecule has 1 heterocycles. The highest BCUT2D eigenvalue weighted by Gasteiger charge is 2.37. The number of benzene rings is 4. The Morgan fingerprint density at radius 1 is 0.733 bits per heavy atom. The van der Waals surface area contributed by atoms with E-state index in [1.807, 2.05) is 78.9 Å². The number of rotatable bonds is 4. The number of hydrogen-bond acceptors (Lipinski definition) is 1. The van der Waals surface area contributed by atoms with Gasteiger partial charge in [0.2, 0.25) is 0 Å². The number of furan rings is 1. The third kappa shape index (κ3) is 4.22. The van der Waals surface area contributed by atoms with E-state index < -0.39 is 78.9 Å². The molecule has 4 aromatic carbocycles. The van der Waals surface area contributed by atoms with Crippen molar-refractivity contribution in [3.8, 4) is 0 Å². The van der Waals surface area contributed by atoms with Crippen LogP contribution in [0.25, 0.3) is 39.3 Å². The van der Waals surface area contributed by atoms with E-state index in [1.165, 1.54) is 6.08 Å². The Bertz CT molecular complexity index is 3000. The van der Waals surface area contributed by atoms with E-state index in [0.29, 0.717) is 21.8 Å². The maximum Gasteiger partial charge on any atom is 0.135 e. The maximum absolute atomic E-state index is 9.54. The molecule has 0 amide bonds. The van der Waals surface area contributed by atoms with Crippen LogP contribution in [0, 0.1) is 11.8 Å². The Morgan fingerprint density at radius 3 is 2.22 bits per heavy atom. The topological polar surface area (TPSA) is 13.1 Å². The van der Waals surface area contributed by atoms with Gasteiger partial charge in [-0.05, 0) is 80.8 Å². The maximum atomic E-state index is 9.54. The fourth-order valence-corrected chi connectivity index (χ4v) is 7.40. The summed E-state index contributed by atoms with van der Waals surface area (Å²) in [6.45, 7) is 0. The second kappa shape index (κ2) is 10.8. The van der Waals surface area contributed by atoms with Crippen molar-refractivity contribution in [1.82, 2.24) is 0 Å². The minimum absolute atomic E-state index is 0.125. The summed E-state index contributed by atoms with van der Waals surface area (Å²) in [7, 11) is 0. The van der Waals surface area contributed by atoms with Gasteiger partial charge in [-0.3, -0.25) is 0 Å². The van der Waals surface area contributed by atoms with Crippen LogP contribution in [0.3, 0.4) is 0 Å². The smallest absolute Gasteiger partial charge is 0.135 e. The van der Waals surface area contributed by atoms with Crippen LogP contribution in [0.4, 0.5) is 0 Å². The zero-order valence-electron chi connectivity index (χ0n) is 37.1. The molecule has 5 unspecified atom stereocenters. The second-order valence-electron chi connectivity index (χ2n) is 11.4. The van der Waals surface area contributed by atoms with Crippen LogP contribution in [0.15, 0.2) is 155 Å². The lowest BCUT2D eigenvalue weighted by molar-refractivity contribution is 0.569. The van der Waals surface area contributed by atoms with Crippen LogP contribution in [-0.2, 0) is 0 Å². The molecule has 4 aliphatic rings. The van der Waals surface area contributed by atoms with E-state index in [2.05, 4.69) is 0 Å². The largest absolute Gasteiger partial charge is 0.456 e. The Morgan fingerprint density at radius 2 is 1.42 bits per heavy atom. The molecule has 4 aliphatic carbocycles. The van der Waals surface area contributed by atoms with Crippen molar-refractivity contribution >= 4 is 39.3 Å². The molecule has 5 aromatic rings. The molecule has 0 saturated heterocycles. The van der Waals surface area contributed by atoms with Crippen molar-refractivity contribution in [3.05, 3.63) is 183 Å². The number of allylic oxidation sites excluding steroid dienone is 8. The van der Waals surface area contributed by atoms with Gasteiger partial charge in [-0.1, -0.05) is 139 Å². The molecule has 1 heteroatoms. The van der Waals surface area contributed by atoms with Crippen molar-refractivity contribution < 1.29 is 22.2 Å². The van der Waals surface area contributed by atoms with E-state index in [4.69, 9.17) is 20.9 Å². The lowest BCUT2D eigenvalue weighted by atomic mass is 9.65. The molecule has 9 rings (SSSR count).